The molecule has 0 heterocycles. The van der Waals surface area contributed by atoms with Crippen molar-refractivity contribution in [2.75, 3.05) is 33.1 Å². The van der Waals surface area contributed by atoms with Crippen molar-refractivity contribution >= 4 is 34.7 Å². The van der Waals surface area contributed by atoms with Gasteiger partial charge in [0.25, 0.3) is 0 Å². The second-order valence-corrected chi connectivity index (χ2v) is 11.2. The van der Waals surface area contributed by atoms with Crippen LogP contribution in [0.4, 0.5) is 5.69 Å². The Kier molecular flexibility index (Phi) is 6.23. The predicted octanol–water partition coefficient (Wildman–Crippen LogP) is 0.600. The first kappa shape index (κ1) is 26.7. The van der Waals surface area contributed by atoms with Gasteiger partial charge in [0.1, 0.15) is 5.75 Å². The molecular weight excluding hydrogens is 502 g/mol. The van der Waals surface area contributed by atoms with Crippen LogP contribution in [-0.2, 0) is 25.6 Å². The zero-order valence-corrected chi connectivity index (χ0v) is 22.2. The number of carbonyl (C=O) groups excluding carboxylic acids is 5. The van der Waals surface area contributed by atoms with Gasteiger partial charge in [-0.2, -0.15) is 0 Å². The van der Waals surface area contributed by atoms with Crippen LogP contribution in [0, 0.1) is 23.7 Å². The van der Waals surface area contributed by atoms with Crippen LogP contribution in [0.2, 0.25) is 0 Å². The van der Waals surface area contributed by atoms with Crippen LogP contribution in [0.15, 0.2) is 36.4 Å². The molecule has 10 nitrogen and oxygen atoms in total. The quantitative estimate of drug-likeness (QED) is 0.479. The molecule has 1 amide bonds. The van der Waals surface area contributed by atoms with E-state index in [4.69, 9.17) is 5.73 Å². The second kappa shape index (κ2) is 9.10. The Labute approximate surface area is 225 Å². The molecule has 3 aliphatic carbocycles. The fourth-order valence-electron chi connectivity index (χ4n) is 6.81. The molecule has 2 aromatic rings. The predicted molar refractivity (Wildman–Crippen MR) is 141 cm³/mol. The number of aliphatic hydroxyl groups is 1. The van der Waals surface area contributed by atoms with E-state index in [1.807, 2.05) is 43.3 Å². The first-order valence-corrected chi connectivity index (χ1v) is 12.8. The van der Waals surface area contributed by atoms with E-state index in [1.165, 1.54) is 11.0 Å². The molecule has 6 unspecified atom stereocenters. The van der Waals surface area contributed by atoms with E-state index >= 15 is 0 Å². The lowest BCUT2D eigenvalue weighted by Crippen LogP contribution is -2.74. The number of aromatic hydroxyl groups is 1. The van der Waals surface area contributed by atoms with Crippen LogP contribution in [0.1, 0.15) is 22.3 Å². The highest BCUT2D eigenvalue weighted by Gasteiger charge is 2.69. The molecule has 6 atom stereocenters. The Morgan fingerprint density at radius 1 is 0.974 bits per heavy atom. The molecule has 10 heteroatoms. The molecule has 0 aliphatic heterocycles. The average Bonchev–Trinajstić information content (AvgIpc) is 2.86. The minimum absolute atomic E-state index is 0.0125. The number of nitrogens with zero attached hydrogens (tertiary/aromatic N) is 2. The van der Waals surface area contributed by atoms with Gasteiger partial charge in [0.15, 0.2) is 34.7 Å². The van der Waals surface area contributed by atoms with Crippen molar-refractivity contribution in [3.63, 3.8) is 0 Å². The minimum Gasteiger partial charge on any atom is -0.507 e. The highest BCUT2D eigenvalue weighted by Crippen LogP contribution is 2.51. The average molecular weight is 534 g/mol. The molecule has 4 N–H and O–H groups in total. The van der Waals surface area contributed by atoms with E-state index in [2.05, 4.69) is 0 Å². The van der Waals surface area contributed by atoms with Gasteiger partial charge in [0.05, 0.1) is 17.5 Å². The van der Waals surface area contributed by atoms with E-state index in [0.717, 1.165) is 16.8 Å². The zero-order chi connectivity index (χ0) is 28.5. The maximum Gasteiger partial charge on any atom is 0.235 e. The van der Waals surface area contributed by atoms with Crippen LogP contribution < -0.4 is 10.6 Å². The molecule has 39 heavy (non-hydrogen) atoms. The van der Waals surface area contributed by atoms with Crippen molar-refractivity contribution < 1.29 is 34.2 Å². The maximum atomic E-state index is 13.9. The summed E-state index contributed by atoms with van der Waals surface area (Å²) in [5.74, 6) is -10.5. The molecular formula is C29H31N3O7. The number of carbonyl (C=O) groups is 5. The molecule has 204 valence electrons. The van der Waals surface area contributed by atoms with Crippen LogP contribution >= 0.6 is 0 Å². The van der Waals surface area contributed by atoms with Gasteiger partial charge >= 0.3 is 0 Å². The third-order valence-electron chi connectivity index (χ3n) is 8.64. The number of phenolic OH excluding ortho intramolecular Hbond substituents is 1. The van der Waals surface area contributed by atoms with Gasteiger partial charge in [0, 0.05) is 25.7 Å². The molecule has 2 fully saturated rings. The van der Waals surface area contributed by atoms with E-state index in [1.54, 1.807) is 20.2 Å². The smallest absolute Gasteiger partial charge is 0.235 e. The summed E-state index contributed by atoms with van der Waals surface area (Å²) in [6.45, 7) is 0. The highest BCUT2D eigenvalue weighted by molar-refractivity contribution is 6.32. The number of nitrogens with two attached hydrogens (primary N) is 1. The van der Waals surface area contributed by atoms with Gasteiger partial charge in [-0.05, 0) is 67.7 Å². The number of anilines is 1. The Bertz CT molecular complexity index is 1430. The topological polar surface area (TPSA) is 158 Å². The van der Waals surface area contributed by atoms with Crippen molar-refractivity contribution in [3.8, 4) is 16.9 Å². The number of Topliss-reactive ketones (excluding diaryl/α,β-unsaturated/α-hetero) is 4. The third-order valence-corrected chi connectivity index (χ3v) is 8.64. The minimum atomic E-state index is -2.73. The monoisotopic (exact) mass is 533 g/mol. The maximum absolute atomic E-state index is 13.9. The van der Waals surface area contributed by atoms with Crippen molar-refractivity contribution in [1.82, 2.24) is 4.90 Å². The Hall–Kier alpha value is -3.89. The largest absolute Gasteiger partial charge is 0.507 e. The first-order chi connectivity index (χ1) is 18.3. The normalized spacial score (nSPS) is 30.1. The summed E-state index contributed by atoms with van der Waals surface area (Å²) in [4.78, 5) is 69.8. The summed E-state index contributed by atoms with van der Waals surface area (Å²) in [6.07, 6.45) is 0.226. The van der Waals surface area contributed by atoms with Crippen molar-refractivity contribution in [2.45, 2.75) is 24.5 Å². The molecule has 2 aromatic carbocycles. The van der Waals surface area contributed by atoms with E-state index in [-0.39, 0.29) is 24.2 Å². The van der Waals surface area contributed by atoms with Gasteiger partial charge in [-0.25, -0.2) is 0 Å². The Morgan fingerprint density at radius 2 is 1.62 bits per heavy atom. The summed E-state index contributed by atoms with van der Waals surface area (Å²) >= 11 is 0. The van der Waals surface area contributed by atoms with Gasteiger partial charge in [0.2, 0.25) is 5.91 Å². The molecule has 0 saturated heterocycles. The second-order valence-electron chi connectivity index (χ2n) is 11.2. The van der Waals surface area contributed by atoms with Crippen LogP contribution in [0.3, 0.4) is 0 Å². The number of ketones is 4. The fourth-order valence-corrected chi connectivity index (χ4v) is 6.81. The first-order valence-electron chi connectivity index (χ1n) is 12.8. The third kappa shape index (κ3) is 3.73. The number of phenols is 1. The fraction of sp³-hybridized carbons (Fsp3) is 0.414. The zero-order valence-electron chi connectivity index (χ0n) is 22.2. The SMILES string of the molecule is CN(C)c1ccc(-c2ccc(O)c3c2CC2CC4C(N(C)C)C(=O)C(C(N)=O)C(=O)C4(O)C(=O)C2C3=O)cc1. The lowest BCUT2D eigenvalue weighted by Gasteiger charge is -2.52. The summed E-state index contributed by atoms with van der Waals surface area (Å²) < 4.78 is 0. The van der Waals surface area contributed by atoms with Gasteiger partial charge in [-0.3, -0.25) is 28.9 Å². The van der Waals surface area contributed by atoms with Crippen LogP contribution in [0.25, 0.3) is 11.1 Å². The molecule has 0 radical (unpaired) electrons. The van der Waals surface area contributed by atoms with E-state index < -0.39 is 64.4 Å². The van der Waals surface area contributed by atoms with Gasteiger partial charge in [-0.15, -0.1) is 0 Å². The molecule has 2 saturated carbocycles. The number of likely N-dealkylation sites (N-methyl/N-ethyl adjacent to an activating group) is 1. The molecule has 3 aliphatic rings. The number of benzene rings is 2. The van der Waals surface area contributed by atoms with Crippen LogP contribution in [0.5, 0.6) is 5.75 Å². The summed E-state index contributed by atoms with van der Waals surface area (Å²) in [6, 6.07) is 9.68. The van der Waals surface area contributed by atoms with Crippen molar-refractivity contribution in [1.29, 1.82) is 0 Å². The lowest BCUT2D eigenvalue weighted by molar-refractivity contribution is -0.181. The number of primary amides is 1. The van der Waals surface area contributed by atoms with Crippen LogP contribution in [-0.4, -0.2) is 84.0 Å². The summed E-state index contributed by atoms with van der Waals surface area (Å²) in [5, 5.41) is 22.4. The molecule has 5 rings (SSSR count). The standard InChI is InChI=1S/C29H31N3O7/c1-31(2)15-7-5-13(6-8-15)16-9-10-19(33)21-17(16)11-14-12-18-23(32(3)4)25(35)22(28(30)38)27(37)29(18,39)26(36)20(14)24(21)34/h5-10,14,18,20,22-23,33,39H,11-12H2,1-4H3,(H2,30,38). The van der Waals surface area contributed by atoms with E-state index in [0.29, 0.717) is 5.56 Å². The van der Waals surface area contributed by atoms with Crippen molar-refractivity contribution in [3.05, 3.63) is 47.5 Å². The Balaban J connectivity index is 1.63. The number of amides is 1. The van der Waals surface area contributed by atoms with Gasteiger partial charge < -0.3 is 20.8 Å². The number of hydrogen-bond acceptors (Lipinski definition) is 9. The molecule has 0 spiro atoms. The number of hydrogen-bond donors (Lipinski definition) is 3. The van der Waals surface area contributed by atoms with Crippen molar-refractivity contribution in [2.24, 2.45) is 29.4 Å². The molecule has 0 aromatic heterocycles. The van der Waals surface area contributed by atoms with Gasteiger partial charge in [-0.1, -0.05) is 18.2 Å². The highest BCUT2D eigenvalue weighted by atomic mass is 16.3. The number of fused-ring (bicyclic) bond motifs is 3. The summed E-state index contributed by atoms with van der Waals surface area (Å²) in [5.41, 5.74) is 5.70. The Morgan fingerprint density at radius 3 is 2.18 bits per heavy atom. The molecule has 0 bridgehead atoms. The lowest BCUT2D eigenvalue weighted by atomic mass is 9.52. The number of rotatable bonds is 4. The summed E-state index contributed by atoms with van der Waals surface area (Å²) in [7, 11) is 6.96. The van der Waals surface area contributed by atoms with E-state index in [9.17, 15) is 34.2 Å².